The molecule has 1 unspecified atom stereocenters. The third-order valence-corrected chi connectivity index (χ3v) is 8.70. The predicted octanol–water partition coefficient (Wildman–Crippen LogP) is 10.1. The number of allylic oxidation sites excluding steroid dienone is 2. The van der Waals surface area contributed by atoms with Crippen LogP contribution in [0.15, 0.2) is 85.1 Å². The number of aromatic nitrogens is 1. The minimum Gasteiger partial charge on any atom is -0.375 e. The van der Waals surface area contributed by atoms with Crippen LogP contribution in [0.3, 0.4) is 0 Å². The molecule has 0 N–H and O–H groups in total. The van der Waals surface area contributed by atoms with E-state index in [1.807, 2.05) is 6.08 Å². The Hall–Kier alpha value is -4.51. The molecule has 0 saturated heterocycles. The fourth-order valence-electron chi connectivity index (χ4n) is 5.94. The fraction of sp³-hybridized carbons (Fsp3) is 0.289. The minimum atomic E-state index is -5.13. The normalized spacial score (nSPS) is 15.0. The number of likely N-dealkylation sites (N-methyl/N-ethyl adjacent to an activating group) is 1. The highest BCUT2D eigenvalue weighted by Gasteiger charge is 2.44. The van der Waals surface area contributed by atoms with Crippen LogP contribution in [0.4, 0.5) is 36.4 Å². The molecule has 49 heavy (non-hydrogen) atoms. The molecule has 1 heterocycles. The summed E-state index contributed by atoms with van der Waals surface area (Å²) in [5, 5.41) is 0. The number of pyridine rings is 1. The largest absolute Gasteiger partial charge is 0.416 e. The van der Waals surface area contributed by atoms with E-state index in [0.29, 0.717) is 40.1 Å². The van der Waals surface area contributed by atoms with Crippen LogP contribution in [0.25, 0.3) is 16.7 Å². The first-order valence-corrected chi connectivity index (χ1v) is 15.6. The van der Waals surface area contributed by atoms with E-state index in [-0.39, 0.29) is 18.4 Å². The zero-order chi connectivity index (χ0) is 35.6. The maximum absolute atomic E-state index is 14.6. The van der Waals surface area contributed by atoms with Crippen LogP contribution in [0.1, 0.15) is 59.7 Å². The zero-order valence-electron chi connectivity index (χ0n) is 27.1. The molecule has 1 aromatic heterocycles. The van der Waals surface area contributed by atoms with Crippen molar-refractivity contribution in [3.63, 3.8) is 0 Å². The number of aryl methyl sites for hydroxylation is 1. The van der Waals surface area contributed by atoms with Gasteiger partial charge in [0, 0.05) is 12.6 Å². The average Bonchev–Trinajstić information content (AvgIpc) is 3.07. The first-order valence-electron chi connectivity index (χ1n) is 15.6. The summed E-state index contributed by atoms with van der Waals surface area (Å²) in [6, 6.07) is 15.8. The van der Waals surface area contributed by atoms with Crippen molar-refractivity contribution in [1.29, 1.82) is 0 Å². The fourth-order valence-corrected chi connectivity index (χ4v) is 5.94. The molecule has 1 atom stereocenters. The van der Waals surface area contributed by atoms with Gasteiger partial charge in [-0.1, -0.05) is 42.5 Å². The summed E-state index contributed by atoms with van der Waals surface area (Å²) in [7, 11) is 1.38. The molecule has 11 heteroatoms. The standard InChI is InChI=1S/C38H34F7N2O2/c1-24-16-30(39)14-15-31(24)32-20-33(26-12-8-5-9-13-26)46-21-34(32)47(3)35(48)36(2,23-49-22-25-10-6-4-7-11-25)27-17-28(37(40,41)42)19-29(18-27)38(43,44)45/h4-7,10-12,14-21H,8-9,13,22-23H2,1-3H3. The van der Waals surface area contributed by atoms with E-state index in [0.717, 1.165) is 29.7 Å². The Morgan fingerprint density at radius 2 is 1.53 bits per heavy atom. The van der Waals surface area contributed by atoms with Crippen LogP contribution in [0.2, 0.25) is 0 Å². The van der Waals surface area contributed by atoms with E-state index in [1.165, 1.54) is 32.3 Å². The molecule has 0 spiro atoms. The summed E-state index contributed by atoms with van der Waals surface area (Å²) in [6.07, 6.45) is -2.32. The molecule has 1 aliphatic rings. The number of amides is 1. The summed E-state index contributed by atoms with van der Waals surface area (Å²) >= 11 is 0. The van der Waals surface area contributed by atoms with Crippen LogP contribution < -0.4 is 4.90 Å². The Labute approximate surface area is 280 Å². The molecule has 1 radical (unpaired) electrons. The zero-order valence-corrected chi connectivity index (χ0v) is 27.1. The number of nitrogens with zero attached hydrogens (tertiary/aromatic N) is 2. The number of carbonyl (C=O) groups excluding carboxylic acids is 1. The van der Waals surface area contributed by atoms with Gasteiger partial charge in [-0.15, -0.1) is 0 Å². The molecule has 3 aromatic carbocycles. The molecule has 0 aliphatic heterocycles. The van der Waals surface area contributed by atoms with Crippen molar-refractivity contribution in [1.82, 2.24) is 4.98 Å². The van der Waals surface area contributed by atoms with Gasteiger partial charge in [0.05, 0.1) is 47.3 Å². The topological polar surface area (TPSA) is 42.4 Å². The molecule has 0 bridgehead atoms. The highest BCUT2D eigenvalue weighted by molar-refractivity contribution is 6.03. The SMILES string of the molecule is Cc1cc(F)ccc1-c1cc(C2=CC[CH]CC2)ncc1N(C)C(=O)C(C)(COCc1ccccc1)c1cc(C(F)(F)F)cc(C(F)(F)F)c1. The second-order valence-electron chi connectivity index (χ2n) is 12.3. The van der Waals surface area contributed by atoms with E-state index in [1.54, 1.807) is 49.4 Å². The first-order chi connectivity index (χ1) is 23.1. The third kappa shape index (κ3) is 8.04. The molecule has 1 amide bonds. The van der Waals surface area contributed by atoms with Crippen molar-refractivity contribution in [2.24, 2.45) is 0 Å². The van der Waals surface area contributed by atoms with Gasteiger partial charge < -0.3 is 9.64 Å². The molecule has 0 saturated carbocycles. The number of hydrogen-bond acceptors (Lipinski definition) is 3. The predicted molar refractivity (Wildman–Crippen MR) is 174 cm³/mol. The maximum atomic E-state index is 14.6. The average molecular weight is 684 g/mol. The molecule has 4 nitrogen and oxygen atoms in total. The maximum Gasteiger partial charge on any atom is 0.416 e. The van der Waals surface area contributed by atoms with Crippen LogP contribution >= 0.6 is 0 Å². The van der Waals surface area contributed by atoms with E-state index in [2.05, 4.69) is 11.4 Å². The van der Waals surface area contributed by atoms with Crippen molar-refractivity contribution in [3.8, 4) is 11.1 Å². The molecule has 257 valence electrons. The number of anilines is 1. The number of alkyl halides is 6. The van der Waals surface area contributed by atoms with Crippen LogP contribution in [0, 0.1) is 19.2 Å². The Balaban J connectivity index is 1.65. The lowest BCUT2D eigenvalue weighted by Crippen LogP contribution is -2.47. The molecule has 0 fully saturated rings. The van der Waals surface area contributed by atoms with Gasteiger partial charge in [0.15, 0.2) is 0 Å². The Morgan fingerprint density at radius 3 is 2.12 bits per heavy atom. The monoisotopic (exact) mass is 683 g/mol. The third-order valence-electron chi connectivity index (χ3n) is 8.70. The smallest absolute Gasteiger partial charge is 0.375 e. The van der Waals surface area contributed by atoms with Gasteiger partial charge in [0.2, 0.25) is 5.91 Å². The van der Waals surface area contributed by atoms with Gasteiger partial charge in [0.25, 0.3) is 0 Å². The minimum absolute atomic E-state index is 0.0265. The quantitative estimate of drug-likeness (QED) is 0.165. The van der Waals surface area contributed by atoms with Crippen molar-refractivity contribution >= 4 is 17.2 Å². The lowest BCUT2D eigenvalue weighted by atomic mass is 9.79. The van der Waals surface area contributed by atoms with Gasteiger partial charge >= 0.3 is 12.4 Å². The molecular formula is C38H34F7N2O2. The van der Waals surface area contributed by atoms with E-state index in [4.69, 9.17) is 4.74 Å². The number of benzene rings is 3. The van der Waals surface area contributed by atoms with Gasteiger partial charge in [-0.05, 0) is 104 Å². The van der Waals surface area contributed by atoms with Gasteiger partial charge in [-0.3, -0.25) is 9.78 Å². The van der Waals surface area contributed by atoms with Crippen molar-refractivity contribution in [2.45, 2.75) is 57.5 Å². The molecular weight excluding hydrogens is 649 g/mol. The second kappa shape index (κ2) is 14.2. The second-order valence-corrected chi connectivity index (χ2v) is 12.3. The number of ether oxygens (including phenoxy) is 1. The van der Waals surface area contributed by atoms with Crippen molar-refractivity contribution in [3.05, 3.63) is 131 Å². The summed E-state index contributed by atoms with van der Waals surface area (Å²) in [5.74, 6) is -1.31. The van der Waals surface area contributed by atoms with Crippen molar-refractivity contribution in [2.75, 3.05) is 18.6 Å². The summed E-state index contributed by atoms with van der Waals surface area (Å²) in [5.41, 5.74) is -1.52. The number of halogens is 7. The lowest BCUT2D eigenvalue weighted by Gasteiger charge is -2.34. The number of hydrogen-bond donors (Lipinski definition) is 0. The van der Waals surface area contributed by atoms with E-state index >= 15 is 0 Å². The van der Waals surface area contributed by atoms with Crippen LogP contribution in [-0.4, -0.2) is 24.5 Å². The van der Waals surface area contributed by atoms with Gasteiger partial charge in [-0.2, -0.15) is 26.3 Å². The molecule has 4 aromatic rings. The summed E-state index contributed by atoms with van der Waals surface area (Å²) in [6.45, 7) is 2.35. The van der Waals surface area contributed by atoms with E-state index in [9.17, 15) is 35.5 Å². The lowest BCUT2D eigenvalue weighted by molar-refractivity contribution is -0.143. The first kappa shape index (κ1) is 35.8. The molecule has 1 aliphatic carbocycles. The molecule has 5 rings (SSSR count). The van der Waals surface area contributed by atoms with Crippen molar-refractivity contribution < 1.29 is 40.3 Å². The van der Waals surface area contributed by atoms with E-state index < -0.39 is 52.8 Å². The summed E-state index contributed by atoms with van der Waals surface area (Å²) < 4.78 is 104. The Bertz CT molecular complexity index is 1820. The van der Waals surface area contributed by atoms with Crippen LogP contribution in [0.5, 0.6) is 0 Å². The highest BCUT2D eigenvalue weighted by Crippen LogP contribution is 2.42. The summed E-state index contributed by atoms with van der Waals surface area (Å²) in [4.78, 5) is 20.4. The van der Waals surface area contributed by atoms with Gasteiger partial charge in [-0.25, -0.2) is 4.39 Å². The number of carbonyl (C=O) groups is 1. The Morgan fingerprint density at radius 1 is 0.878 bits per heavy atom. The highest BCUT2D eigenvalue weighted by atomic mass is 19.4. The van der Waals surface area contributed by atoms with Crippen LogP contribution in [-0.2, 0) is 33.9 Å². The Kier molecular flexibility index (Phi) is 10.3. The number of rotatable bonds is 9. The van der Waals surface area contributed by atoms with Gasteiger partial charge in [0.1, 0.15) is 5.82 Å².